The van der Waals surface area contributed by atoms with Gasteiger partial charge in [0.25, 0.3) is 0 Å². The molecule has 1 radical (unpaired) electrons. The second-order valence-electron chi connectivity index (χ2n) is 3.53. The zero-order valence-electron chi connectivity index (χ0n) is 7.40. The van der Waals surface area contributed by atoms with Gasteiger partial charge >= 0.3 is 0 Å². The normalized spacial score (nSPS) is 29.5. The minimum atomic E-state index is 0. The van der Waals surface area contributed by atoms with Gasteiger partial charge in [-0.05, 0) is 6.92 Å². The summed E-state index contributed by atoms with van der Waals surface area (Å²) in [5.41, 5.74) is 1.81. The fourth-order valence-corrected chi connectivity index (χ4v) is 1.69. The molecule has 0 bridgehead atoms. The first-order valence-corrected chi connectivity index (χ1v) is 3.96. The quantitative estimate of drug-likeness (QED) is 0.500. The van der Waals surface area contributed by atoms with Gasteiger partial charge in [0.05, 0.1) is 0 Å². The van der Waals surface area contributed by atoms with Crippen molar-refractivity contribution in [1.82, 2.24) is 0 Å². The summed E-state index contributed by atoms with van der Waals surface area (Å²) in [5.74, 6) is 0. The van der Waals surface area contributed by atoms with Gasteiger partial charge < -0.3 is 13.8 Å². The first kappa shape index (κ1) is 11.8. The molecule has 0 saturated heterocycles. The third-order valence-corrected chi connectivity index (χ3v) is 2.24. The molecule has 1 aliphatic carbocycles. The molecule has 1 aliphatic rings. The van der Waals surface area contributed by atoms with Crippen molar-refractivity contribution in [3.63, 3.8) is 0 Å². The maximum absolute atomic E-state index is 4.22. The fraction of sp³-hybridized carbons (Fsp3) is 0.600. The Morgan fingerprint density at radius 3 is 2.64 bits per heavy atom. The standard InChI is InChI=1S/C10H16.Y/c1-4-6-10(3)7-5-9(2)8-10;/h5H,1,3-4,6-8H2,2H3;/q-2;. The molecule has 0 fully saturated rings. The van der Waals surface area contributed by atoms with Crippen LogP contribution in [0.2, 0.25) is 0 Å². The summed E-state index contributed by atoms with van der Waals surface area (Å²) in [5, 5.41) is 0. The summed E-state index contributed by atoms with van der Waals surface area (Å²) in [6.45, 7) is 10.3. The van der Waals surface area contributed by atoms with E-state index in [1.54, 1.807) is 0 Å². The van der Waals surface area contributed by atoms with Crippen LogP contribution in [-0.2, 0) is 32.7 Å². The maximum atomic E-state index is 4.22. The van der Waals surface area contributed by atoms with E-state index >= 15 is 0 Å². The fourth-order valence-electron chi connectivity index (χ4n) is 1.69. The Hall–Kier alpha value is 0.844. The number of rotatable bonds is 2. The van der Waals surface area contributed by atoms with E-state index < -0.39 is 0 Å². The van der Waals surface area contributed by atoms with Crippen LogP contribution >= 0.6 is 0 Å². The van der Waals surface area contributed by atoms with Crippen LogP contribution in [0.5, 0.6) is 0 Å². The largest absolute Gasteiger partial charge is 0.343 e. The third kappa shape index (κ3) is 3.38. The average molecular weight is 225 g/mol. The summed E-state index contributed by atoms with van der Waals surface area (Å²) in [7, 11) is 0. The zero-order valence-corrected chi connectivity index (χ0v) is 10.2. The van der Waals surface area contributed by atoms with Crippen LogP contribution in [0.4, 0.5) is 0 Å². The first-order chi connectivity index (χ1) is 4.66. The van der Waals surface area contributed by atoms with E-state index in [9.17, 15) is 0 Å². The molecule has 0 saturated carbocycles. The van der Waals surface area contributed by atoms with E-state index in [2.05, 4.69) is 26.8 Å². The number of hydrogen-bond donors (Lipinski definition) is 0. The van der Waals surface area contributed by atoms with Crippen LogP contribution < -0.4 is 0 Å². The van der Waals surface area contributed by atoms with Crippen LogP contribution in [0.15, 0.2) is 11.6 Å². The van der Waals surface area contributed by atoms with Gasteiger partial charge in [0.2, 0.25) is 0 Å². The third-order valence-electron chi connectivity index (χ3n) is 2.24. The molecule has 0 N–H and O–H groups in total. The summed E-state index contributed by atoms with van der Waals surface area (Å²) >= 11 is 0. The second kappa shape index (κ2) is 4.77. The summed E-state index contributed by atoms with van der Waals surface area (Å²) in [4.78, 5) is 0. The molecule has 1 rings (SSSR count). The van der Waals surface area contributed by atoms with Gasteiger partial charge in [-0.25, -0.2) is 0 Å². The van der Waals surface area contributed by atoms with Crippen molar-refractivity contribution in [3.8, 4) is 0 Å². The van der Waals surface area contributed by atoms with Crippen LogP contribution in [0.3, 0.4) is 0 Å². The van der Waals surface area contributed by atoms with Crippen molar-refractivity contribution >= 4 is 0 Å². The van der Waals surface area contributed by atoms with Crippen molar-refractivity contribution in [1.29, 1.82) is 0 Å². The Bertz CT molecular complexity index is 149. The molecule has 61 valence electrons. The minimum Gasteiger partial charge on any atom is -0.343 e. The van der Waals surface area contributed by atoms with Crippen LogP contribution in [0, 0.1) is 19.3 Å². The van der Waals surface area contributed by atoms with E-state index in [1.165, 1.54) is 18.4 Å². The van der Waals surface area contributed by atoms with Crippen molar-refractivity contribution in [2.45, 2.75) is 32.6 Å². The van der Waals surface area contributed by atoms with Crippen LogP contribution in [0.1, 0.15) is 32.6 Å². The van der Waals surface area contributed by atoms with E-state index in [0.29, 0.717) is 5.41 Å². The van der Waals surface area contributed by atoms with E-state index in [1.807, 2.05) is 0 Å². The molecule has 0 amide bonds. The van der Waals surface area contributed by atoms with Crippen LogP contribution in [-0.4, -0.2) is 0 Å². The first-order valence-electron chi connectivity index (χ1n) is 3.96. The molecule has 0 heterocycles. The molecule has 0 nitrogen and oxygen atoms in total. The number of allylic oxidation sites excluding steroid dienone is 2. The molecule has 0 aromatic carbocycles. The minimum absolute atomic E-state index is 0. The molecular formula is C10H16Y-2. The summed E-state index contributed by atoms with van der Waals surface area (Å²) < 4.78 is 0. The van der Waals surface area contributed by atoms with Gasteiger partial charge in [0.15, 0.2) is 0 Å². The zero-order chi connectivity index (χ0) is 7.61. The van der Waals surface area contributed by atoms with Gasteiger partial charge in [0, 0.05) is 32.7 Å². The molecule has 11 heavy (non-hydrogen) atoms. The molecule has 0 aliphatic heterocycles. The molecule has 1 heteroatoms. The van der Waals surface area contributed by atoms with Crippen molar-refractivity contribution in [2.24, 2.45) is 5.41 Å². The van der Waals surface area contributed by atoms with Crippen molar-refractivity contribution < 1.29 is 32.7 Å². The topological polar surface area (TPSA) is 0 Å². The molecular weight excluding hydrogens is 209 g/mol. The average Bonchev–Trinajstić information content (AvgIpc) is 2.12. The van der Waals surface area contributed by atoms with Crippen molar-refractivity contribution in [2.75, 3.05) is 0 Å². The predicted molar refractivity (Wildman–Crippen MR) is 45.4 cm³/mol. The monoisotopic (exact) mass is 225 g/mol. The smallest absolute Gasteiger partial charge is 0 e. The predicted octanol–water partition coefficient (Wildman–Crippen LogP) is 3.16. The summed E-state index contributed by atoms with van der Waals surface area (Å²) in [6, 6.07) is 0. The van der Waals surface area contributed by atoms with Gasteiger partial charge in [-0.3, -0.25) is 0 Å². The molecule has 1 unspecified atom stereocenters. The Morgan fingerprint density at radius 1 is 1.64 bits per heavy atom. The Balaban J connectivity index is 0.000001000. The van der Waals surface area contributed by atoms with E-state index in [4.69, 9.17) is 0 Å². The molecule has 0 aromatic rings. The van der Waals surface area contributed by atoms with E-state index in [0.717, 1.165) is 12.8 Å². The Kier molecular flexibility index (Phi) is 5.13. The van der Waals surface area contributed by atoms with Gasteiger partial charge in [-0.15, -0.1) is 6.42 Å². The number of hydrogen-bond acceptors (Lipinski definition) is 0. The summed E-state index contributed by atoms with van der Waals surface area (Å²) in [6.07, 6.45) is 6.84. The molecule has 0 aromatic heterocycles. The Labute approximate surface area is 95.7 Å². The van der Waals surface area contributed by atoms with Crippen molar-refractivity contribution in [3.05, 3.63) is 25.5 Å². The molecule has 1 atom stereocenters. The Morgan fingerprint density at radius 2 is 2.27 bits per heavy atom. The van der Waals surface area contributed by atoms with Gasteiger partial charge in [-0.1, -0.05) is 24.5 Å². The SMILES string of the molecule is [CH2-]CCC1([CH2-])CC=C(C)C1.[Y]. The molecule has 0 spiro atoms. The maximum Gasteiger partial charge on any atom is 0 e. The van der Waals surface area contributed by atoms with Gasteiger partial charge in [0.1, 0.15) is 0 Å². The van der Waals surface area contributed by atoms with Crippen LogP contribution in [0.25, 0.3) is 0 Å². The second-order valence-corrected chi connectivity index (χ2v) is 3.53. The van der Waals surface area contributed by atoms with E-state index in [-0.39, 0.29) is 32.7 Å². The van der Waals surface area contributed by atoms with Gasteiger partial charge in [-0.2, -0.15) is 11.8 Å².